The highest BCUT2D eigenvalue weighted by Gasteiger charge is 2.02. The van der Waals surface area contributed by atoms with Gasteiger partial charge < -0.3 is 5.32 Å². The molecular formula is C19H41N. The lowest BCUT2D eigenvalue weighted by Gasteiger charge is -2.14. The Hall–Kier alpha value is -0.0400. The van der Waals surface area contributed by atoms with Crippen LogP contribution >= 0.6 is 0 Å². The van der Waals surface area contributed by atoms with Crippen LogP contribution in [0.5, 0.6) is 0 Å². The van der Waals surface area contributed by atoms with E-state index < -0.39 is 0 Å². The number of nitrogens with one attached hydrogen (secondary N) is 1. The van der Waals surface area contributed by atoms with Crippen molar-refractivity contribution >= 4 is 0 Å². The number of hydrogen-bond donors (Lipinski definition) is 1. The molecule has 0 radical (unpaired) electrons. The summed E-state index contributed by atoms with van der Waals surface area (Å²) >= 11 is 0. The molecule has 1 unspecified atom stereocenters. The first-order chi connectivity index (χ1) is 9.66. The normalized spacial score (nSPS) is 13.1. The van der Waals surface area contributed by atoms with Crippen LogP contribution in [-0.4, -0.2) is 12.6 Å². The average Bonchev–Trinajstić information content (AvgIpc) is 2.42. The molecule has 0 aliphatic heterocycles. The molecule has 0 heterocycles. The van der Waals surface area contributed by atoms with Gasteiger partial charge in [-0.2, -0.15) is 0 Å². The molecule has 0 bridgehead atoms. The van der Waals surface area contributed by atoms with Gasteiger partial charge in [-0.3, -0.25) is 0 Å². The Morgan fingerprint density at radius 2 is 1.15 bits per heavy atom. The van der Waals surface area contributed by atoms with Crippen molar-refractivity contribution in [1.82, 2.24) is 5.32 Å². The van der Waals surface area contributed by atoms with Crippen molar-refractivity contribution in [2.24, 2.45) is 5.92 Å². The number of hydrogen-bond acceptors (Lipinski definition) is 1. The maximum Gasteiger partial charge on any atom is 0.00388 e. The first kappa shape index (κ1) is 20.0. The molecule has 1 atom stereocenters. The monoisotopic (exact) mass is 283 g/mol. The molecule has 0 aromatic carbocycles. The largest absolute Gasteiger partial charge is 0.314 e. The highest BCUT2D eigenvalue weighted by molar-refractivity contribution is 4.62. The van der Waals surface area contributed by atoms with Gasteiger partial charge in [-0.25, -0.2) is 0 Å². The molecule has 0 fully saturated rings. The molecule has 0 aliphatic rings. The second kappa shape index (κ2) is 15.4. The zero-order valence-corrected chi connectivity index (χ0v) is 14.8. The molecule has 20 heavy (non-hydrogen) atoms. The summed E-state index contributed by atoms with van der Waals surface area (Å²) in [4.78, 5) is 0. The Bertz CT molecular complexity index is 177. The summed E-state index contributed by atoms with van der Waals surface area (Å²) in [6.45, 7) is 10.5. The van der Waals surface area contributed by atoms with E-state index in [1.165, 1.54) is 83.6 Å². The van der Waals surface area contributed by atoms with E-state index in [9.17, 15) is 0 Å². The molecule has 0 spiro atoms. The van der Waals surface area contributed by atoms with Gasteiger partial charge in [-0.15, -0.1) is 0 Å². The van der Waals surface area contributed by atoms with Crippen molar-refractivity contribution in [3.05, 3.63) is 0 Å². The molecule has 1 heteroatoms. The van der Waals surface area contributed by atoms with Gasteiger partial charge in [0, 0.05) is 6.04 Å². The van der Waals surface area contributed by atoms with Crippen molar-refractivity contribution in [1.29, 1.82) is 0 Å². The predicted molar refractivity (Wildman–Crippen MR) is 93.4 cm³/mol. The quantitative estimate of drug-likeness (QED) is 0.347. The lowest BCUT2D eigenvalue weighted by Crippen LogP contribution is -2.27. The van der Waals surface area contributed by atoms with Crippen LogP contribution in [-0.2, 0) is 0 Å². The van der Waals surface area contributed by atoms with E-state index in [-0.39, 0.29) is 0 Å². The van der Waals surface area contributed by atoms with Gasteiger partial charge in [0.2, 0.25) is 0 Å². The predicted octanol–water partition coefficient (Wildman–Crippen LogP) is 6.32. The fourth-order valence-corrected chi connectivity index (χ4v) is 2.65. The molecule has 0 rings (SSSR count). The molecular weight excluding hydrogens is 242 g/mol. The van der Waals surface area contributed by atoms with E-state index in [1.54, 1.807) is 0 Å². The topological polar surface area (TPSA) is 12.0 Å². The van der Waals surface area contributed by atoms with Crippen LogP contribution in [0.25, 0.3) is 0 Å². The molecule has 0 aliphatic carbocycles. The van der Waals surface area contributed by atoms with Crippen molar-refractivity contribution in [2.75, 3.05) is 6.54 Å². The van der Waals surface area contributed by atoms with E-state index in [4.69, 9.17) is 0 Å². The smallest absolute Gasteiger partial charge is 0.00388 e. The van der Waals surface area contributed by atoms with Crippen LogP contribution < -0.4 is 5.32 Å². The van der Waals surface area contributed by atoms with Crippen molar-refractivity contribution in [3.8, 4) is 0 Å². The summed E-state index contributed by atoms with van der Waals surface area (Å²) in [5.74, 6) is 0.844. The fourth-order valence-electron chi connectivity index (χ4n) is 2.65. The van der Waals surface area contributed by atoms with Crippen LogP contribution in [0.1, 0.15) is 105 Å². The van der Waals surface area contributed by atoms with E-state index in [2.05, 4.69) is 33.0 Å². The van der Waals surface area contributed by atoms with Crippen LogP contribution in [0.2, 0.25) is 0 Å². The molecule has 0 saturated carbocycles. The fraction of sp³-hybridized carbons (Fsp3) is 1.00. The van der Waals surface area contributed by atoms with Gasteiger partial charge in [-0.1, -0.05) is 78.6 Å². The highest BCUT2D eigenvalue weighted by Crippen LogP contribution is 2.10. The van der Waals surface area contributed by atoms with Crippen molar-refractivity contribution in [2.45, 2.75) is 111 Å². The Morgan fingerprint density at radius 3 is 1.65 bits per heavy atom. The lowest BCUT2D eigenvalue weighted by molar-refractivity contribution is 0.442. The minimum Gasteiger partial charge on any atom is -0.314 e. The van der Waals surface area contributed by atoms with Gasteiger partial charge in [0.1, 0.15) is 0 Å². The van der Waals surface area contributed by atoms with E-state index >= 15 is 0 Å². The summed E-state index contributed by atoms with van der Waals surface area (Å²) in [6.07, 6.45) is 17.0. The van der Waals surface area contributed by atoms with Crippen LogP contribution in [0, 0.1) is 5.92 Å². The number of rotatable bonds is 15. The van der Waals surface area contributed by atoms with Crippen LogP contribution in [0.4, 0.5) is 0 Å². The minimum atomic E-state index is 0.705. The summed E-state index contributed by atoms with van der Waals surface area (Å²) in [5, 5.41) is 3.66. The van der Waals surface area contributed by atoms with Crippen LogP contribution in [0.15, 0.2) is 0 Å². The standard InChI is InChI=1S/C19H41N/c1-5-6-7-8-9-10-11-12-13-14-17-20-19(4)16-15-18(2)3/h18-20H,5-17H2,1-4H3. The van der Waals surface area contributed by atoms with E-state index in [0.717, 1.165) is 5.92 Å². The lowest BCUT2D eigenvalue weighted by atomic mass is 10.0. The molecule has 1 nitrogen and oxygen atoms in total. The Kier molecular flexibility index (Phi) is 15.3. The Balaban J connectivity index is 3.09. The number of unbranched alkanes of at least 4 members (excludes halogenated alkanes) is 9. The third-order valence-corrected chi connectivity index (χ3v) is 4.20. The highest BCUT2D eigenvalue weighted by atomic mass is 14.9. The van der Waals surface area contributed by atoms with Gasteiger partial charge in [-0.05, 0) is 38.6 Å². The SMILES string of the molecule is CCCCCCCCCCCCNC(C)CCC(C)C. The molecule has 0 amide bonds. The first-order valence-corrected chi connectivity index (χ1v) is 9.40. The minimum absolute atomic E-state index is 0.705. The van der Waals surface area contributed by atoms with E-state index in [0.29, 0.717) is 6.04 Å². The second-order valence-electron chi connectivity index (χ2n) is 7.01. The maximum atomic E-state index is 3.66. The van der Waals surface area contributed by atoms with Gasteiger partial charge in [0.25, 0.3) is 0 Å². The summed E-state index contributed by atoms with van der Waals surface area (Å²) < 4.78 is 0. The third kappa shape index (κ3) is 16.0. The van der Waals surface area contributed by atoms with Gasteiger partial charge in [0.15, 0.2) is 0 Å². The zero-order chi connectivity index (χ0) is 15.1. The third-order valence-electron chi connectivity index (χ3n) is 4.20. The summed E-state index contributed by atoms with van der Waals surface area (Å²) in [7, 11) is 0. The van der Waals surface area contributed by atoms with Crippen molar-refractivity contribution in [3.63, 3.8) is 0 Å². The Labute approximate surface area is 129 Å². The molecule has 0 saturated heterocycles. The van der Waals surface area contributed by atoms with Gasteiger partial charge >= 0.3 is 0 Å². The molecule has 1 N–H and O–H groups in total. The zero-order valence-electron chi connectivity index (χ0n) is 14.8. The first-order valence-electron chi connectivity index (χ1n) is 9.40. The maximum absolute atomic E-state index is 3.66. The van der Waals surface area contributed by atoms with Gasteiger partial charge in [0.05, 0.1) is 0 Å². The van der Waals surface area contributed by atoms with E-state index in [1.807, 2.05) is 0 Å². The molecule has 122 valence electrons. The summed E-state index contributed by atoms with van der Waals surface area (Å²) in [5.41, 5.74) is 0. The van der Waals surface area contributed by atoms with Crippen molar-refractivity contribution < 1.29 is 0 Å². The molecule has 0 aromatic rings. The second-order valence-corrected chi connectivity index (χ2v) is 7.01. The summed E-state index contributed by atoms with van der Waals surface area (Å²) in [6, 6.07) is 0.705. The van der Waals surface area contributed by atoms with Crippen LogP contribution in [0.3, 0.4) is 0 Å². The molecule has 0 aromatic heterocycles. The average molecular weight is 284 g/mol. The Morgan fingerprint density at radius 1 is 0.650 bits per heavy atom.